The lowest BCUT2D eigenvalue weighted by Gasteiger charge is -2.18. The molecular weight excluding hydrogens is 414 g/mol. The average molecular weight is 433 g/mol. The lowest BCUT2D eigenvalue weighted by molar-refractivity contribution is 0.303. The number of hydrogen-bond acceptors (Lipinski definition) is 3. The van der Waals surface area contributed by atoms with Crippen molar-refractivity contribution in [2.75, 3.05) is 6.54 Å². The molecule has 0 aliphatic heterocycles. The van der Waals surface area contributed by atoms with Crippen LogP contribution >= 0.6 is 43.2 Å². The van der Waals surface area contributed by atoms with Gasteiger partial charge in [-0.15, -0.1) is 11.3 Å². The Bertz CT molecular complexity index is 585. The first-order chi connectivity index (χ1) is 10.1. The Hall–Kier alpha value is -0.360. The van der Waals surface area contributed by atoms with Gasteiger partial charge in [0.05, 0.1) is 3.79 Å². The van der Waals surface area contributed by atoms with Crippen LogP contribution in [0.5, 0.6) is 5.75 Å². The molecule has 0 saturated heterocycles. The van der Waals surface area contributed by atoms with Gasteiger partial charge in [-0.3, -0.25) is 0 Å². The summed E-state index contributed by atoms with van der Waals surface area (Å²) in [5, 5.41) is 3.51. The molecule has 1 atom stereocenters. The van der Waals surface area contributed by atoms with E-state index in [2.05, 4.69) is 75.3 Å². The number of rotatable bonds is 7. The minimum absolute atomic E-state index is 0.281. The second-order valence-corrected chi connectivity index (χ2v) is 8.32. The van der Waals surface area contributed by atoms with Gasteiger partial charge in [0.1, 0.15) is 12.4 Å². The summed E-state index contributed by atoms with van der Waals surface area (Å²) in [5.41, 5.74) is 1.20. The van der Waals surface area contributed by atoms with E-state index in [-0.39, 0.29) is 6.04 Å². The fourth-order valence-corrected chi connectivity index (χ4v) is 3.78. The van der Waals surface area contributed by atoms with Crippen LogP contribution in [0.3, 0.4) is 0 Å². The highest BCUT2D eigenvalue weighted by Crippen LogP contribution is 2.30. The van der Waals surface area contributed by atoms with Crippen LogP contribution in [0.2, 0.25) is 0 Å². The van der Waals surface area contributed by atoms with Crippen molar-refractivity contribution in [3.05, 3.63) is 49.0 Å². The van der Waals surface area contributed by atoms with Gasteiger partial charge >= 0.3 is 0 Å². The Morgan fingerprint density at radius 2 is 2.05 bits per heavy atom. The zero-order chi connectivity index (χ0) is 15.2. The maximum absolute atomic E-state index is 6.04. The summed E-state index contributed by atoms with van der Waals surface area (Å²) in [6.07, 6.45) is 1.13. The van der Waals surface area contributed by atoms with Crippen LogP contribution in [0.4, 0.5) is 0 Å². The predicted molar refractivity (Wildman–Crippen MR) is 97.2 cm³/mol. The van der Waals surface area contributed by atoms with E-state index in [0.717, 1.165) is 27.0 Å². The Kier molecular flexibility index (Phi) is 6.74. The van der Waals surface area contributed by atoms with Crippen LogP contribution in [0.15, 0.2) is 38.6 Å². The number of thiophene rings is 1. The Labute approximate surface area is 147 Å². The molecule has 0 aliphatic carbocycles. The van der Waals surface area contributed by atoms with Gasteiger partial charge in [0, 0.05) is 21.0 Å². The van der Waals surface area contributed by atoms with Crippen molar-refractivity contribution < 1.29 is 4.74 Å². The Morgan fingerprint density at radius 1 is 1.24 bits per heavy atom. The molecular formula is C16H19Br2NOS. The third-order valence-corrected chi connectivity index (χ3v) is 5.23. The highest BCUT2D eigenvalue weighted by atomic mass is 79.9. The molecule has 0 spiro atoms. The number of hydrogen-bond donors (Lipinski definition) is 1. The molecule has 0 radical (unpaired) electrons. The lowest BCUT2D eigenvalue weighted by Crippen LogP contribution is -2.20. The summed E-state index contributed by atoms with van der Waals surface area (Å²) < 4.78 is 8.21. The van der Waals surface area contributed by atoms with Crippen molar-refractivity contribution in [2.24, 2.45) is 0 Å². The molecule has 5 heteroatoms. The van der Waals surface area contributed by atoms with E-state index in [1.807, 2.05) is 6.07 Å². The zero-order valence-electron chi connectivity index (χ0n) is 12.2. The molecule has 1 aromatic carbocycles. The third-order valence-electron chi connectivity index (χ3n) is 3.14. The first-order valence-corrected chi connectivity index (χ1v) is 9.40. The Morgan fingerprint density at radius 3 is 2.71 bits per heavy atom. The molecule has 1 heterocycles. The van der Waals surface area contributed by atoms with Gasteiger partial charge in [-0.05, 0) is 60.1 Å². The van der Waals surface area contributed by atoms with Crippen LogP contribution in [0.1, 0.15) is 36.8 Å². The van der Waals surface area contributed by atoms with E-state index in [1.54, 1.807) is 11.3 Å². The minimum atomic E-state index is 0.281. The fourth-order valence-electron chi connectivity index (χ4n) is 2.04. The van der Waals surface area contributed by atoms with Gasteiger partial charge < -0.3 is 10.1 Å². The van der Waals surface area contributed by atoms with E-state index in [4.69, 9.17) is 4.74 Å². The third kappa shape index (κ3) is 5.09. The average Bonchev–Trinajstić information content (AvgIpc) is 2.88. The van der Waals surface area contributed by atoms with E-state index in [9.17, 15) is 0 Å². The second kappa shape index (κ2) is 8.32. The highest BCUT2D eigenvalue weighted by molar-refractivity contribution is 9.11. The molecule has 2 aromatic rings. The van der Waals surface area contributed by atoms with Crippen molar-refractivity contribution in [3.63, 3.8) is 0 Å². The zero-order valence-corrected chi connectivity index (χ0v) is 16.1. The topological polar surface area (TPSA) is 21.3 Å². The molecule has 1 unspecified atom stereocenters. The molecule has 0 bridgehead atoms. The maximum Gasteiger partial charge on any atom is 0.125 e. The van der Waals surface area contributed by atoms with Gasteiger partial charge in [-0.25, -0.2) is 0 Å². The number of ether oxygens (including phenoxy) is 1. The monoisotopic (exact) mass is 431 g/mol. The molecule has 1 aromatic heterocycles. The van der Waals surface area contributed by atoms with E-state index in [1.165, 1.54) is 10.4 Å². The van der Waals surface area contributed by atoms with Gasteiger partial charge in [0.25, 0.3) is 0 Å². The van der Waals surface area contributed by atoms with Crippen molar-refractivity contribution in [1.82, 2.24) is 5.32 Å². The molecule has 0 amide bonds. The standard InChI is InChI=1S/C16H19Br2NOS/c1-3-8-19-11(2)14-6-4-12(17)9-15(14)20-10-13-5-7-16(18)21-13/h4-7,9,11,19H,3,8,10H2,1-2H3. The van der Waals surface area contributed by atoms with Crippen molar-refractivity contribution in [1.29, 1.82) is 0 Å². The SMILES string of the molecule is CCCNC(C)c1ccc(Br)cc1OCc1ccc(Br)s1. The molecule has 2 rings (SSSR count). The molecule has 1 N–H and O–H groups in total. The molecule has 114 valence electrons. The van der Waals surface area contributed by atoms with E-state index in [0.29, 0.717) is 6.61 Å². The number of halogens is 2. The predicted octanol–water partition coefficient (Wildman–Crippen LogP) is 5.91. The van der Waals surface area contributed by atoms with Crippen LogP contribution in [-0.2, 0) is 6.61 Å². The first kappa shape index (κ1) is 17.0. The summed E-state index contributed by atoms with van der Waals surface area (Å²) in [7, 11) is 0. The molecule has 2 nitrogen and oxygen atoms in total. The Balaban J connectivity index is 2.10. The molecule has 0 aliphatic rings. The summed E-state index contributed by atoms with van der Waals surface area (Å²) in [6, 6.07) is 10.7. The first-order valence-electron chi connectivity index (χ1n) is 7.00. The van der Waals surface area contributed by atoms with Crippen LogP contribution < -0.4 is 10.1 Å². The normalized spacial score (nSPS) is 12.4. The molecule has 0 saturated carbocycles. The second-order valence-electron chi connectivity index (χ2n) is 4.85. The largest absolute Gasteiger partial charge is 0.488 e. The summed E-state index contributed by atoms with van der Waals surface area (Å²) >= 11 is 8.71. The van der Waals surface area contributed by atoms with E-state index >= 15 is 0 Å². The number of benzene rings is 1. The van der Waals surface area contributed by atoms with Crippen molar-refractivity contribution in [2.45, 2.75) is 32.9 Å². The summed E-state index contributed by atoms with van der Waals surface area (Å²) in [5.74, 6) is 0.935. The highest BCUT2D eigenvalue weighted by Gasteiger charge is 2.12. The lowest BCUT2D eigenvalue weighted by atomic mass is 10.1. The van der Waals surface area contributed by atoms with Crippen molar-refractivity contribution in [3.8, 4) is 5.75 Å². The summed E-state index contributed by atoms with van der Waals surface area (Å²) in [6.45, 7) is 5.95. The van der Waals surface area contributed by atoms with Crippen LogP contribution in [-0.4, -0.2) is 6.54 Å². The van der Waals surface area contributed by atoms with Crippen LogP contribution in [0.25, 0.3) is 0 Å². The molecule has 0 fully saturated rings. The number of nitrogens with one attached hydrogen (secondary N) is 1. The molecule has 21 heavy (non-hydrogen) atoms. The van der Waals surface area contributed by atoms with Crippen molar-refractivity contribution >= 4 is 43.2 Å². The smallest absolute Gasteiger partial charge is 0.125 e. The quantitative estimate of drug-likeness (QED) is 0.586. The van der Waals surface area contributed by atoms with Crippen LogP contribution in [0, 0.1) is 0 Å². The minimum Gasteiger partial charge on any atom is -0.488 e. The van der Waals surface area contributed by atoms with E-state index < -0.39 is 0 Å². The summed E-state index contributed by atoms with van der Waals surface area (Å²) in [4.78, 5) is 1.21. The van der Waals surface area contributed by atoms with Gasteiger partial charge in [-0.1, -0.05) is 28.9 Å². The van der Waals surface area contributed by atoms with Gasteiger partial charge in [0.15, 0.2) is 0 Å². The maximum atomic E-state index is 6.04. The van der Waals surface area contributed by atoms with Gasteiger partial charge in [-0.2, -0.15) is 0 Å². The van der Waals surface area contributed by atoms with Gasteiger partial charge in [0.2, 0.25) is 0 Å². The fraction of sp³-hybridized carbons (Fsp3) is 0.375.